The van der Waals surface area contributed by atoms with E-state index in [1.54, 1.807) is 0 Å². The summed E-state index contributed by atoms with van der Waals surface area (Å²) in [4.78, 5) is 0. The molecule has 0 aliphatic carbocycles. The molecule has 0 N–H and O–H groups in total. The van der Waals surface area contributed by atoms with E-state index in [1.165, 1.54) is 10.6 Å². The Morgan fingerprint density at radius 3 is 1.65 bits per heavy atom. The second-order valence-electron chi connectivity index (χ2n) is 5.65. The van der Waals surface area contributed by atoms with Gasteiger partial charge in [-0.05, 0) is 12.1 Å². The molecular formula is C18H19O4P. The lowest BCUT2D eigenvalue weighted by atomic mass is 10.3. The standard InChI is InChI=1S/C18H19O4P/c1-3-7-17(15(5-1)21-11-13-9-19-13)23-18-8-4-2-6-16(18)22-12-14-10-20-14/h1-8,13-14,23H,9-12H2. The van der Waals surface area contributed by atoms with Gasteiger partial charge in [-0.3, -0.25) is 0 Å². The predicted molar refractivity (Wildman–Crippen MR) is 90.9 cm³/mol. The highest BCUT2D eigenvalue weighted by molar-refractivity contribution is 7.56. The molecule has 2 unspecified atom stereocenters. The summed E-state index contributed by atoms with van der Waals surface area (Å²) in [5.41, 5.74) is 0. The summed E-state index contributed by atoms with van der Waals surface area (Å²) in [6, 6.07) is 16.4. The fourth-order valence-corrected chi connectivity index (χ4v) is 3.44. The van der Waals surface area contributed by atoms with E-state index in [2.05, 4.69) is 12.1 Å². The fraction of sp³-hybridized carbons (Fsp3) is 0.333. The molecule has 2 aromatic carbocycles. The van der Waals surface area contributed by atoms with E-state index in [-0.39, 0.29) is 12.2 Å². The summed E-state index contributed by atoms with van der Waals surface area (Å²) >= 11 is 0. The number of rotatable bonds is 8. The second-order valence-corrected chi connectivity index (χ2v) is 6.98. The van der Waals surface area contributed by atoms with E-state index in [1.807, 2.05) is 36.4 Å². The van der Waals surface area contributed by atoms with E-state index < -0.39 is 0 Å². The molecule has 4 rings (SSSR count). The summed E-state index contributed by atoms with van der Waals surface area (Å²) in [5.74, 6) is 1.86. The maximum atomic E-state index is 5.90. The maximum Gasteiger partial charge on any atom is 0.127 e. The van der Waals surface area contributed by atoms with Crippen LogP contribution in [0.3, 0.4) is 0 Å². The van der Waals surface area contributed by atoms with Gasteiger partial charge in [0.25, 0.3) is 0 Å². The first kappa shape index (κ1) is 14.9. The average Bonchev–Trinajstić information content (AvgIpc) is 3.48. The molecule has 5 heteroatoms. The summed E-state index contributed by atoms with van der Waals surface area (Å²) in [7, 11) is 0.490. The SMILES string of the molecule is c1ccc(Pc2ccccc2OCC2CO2)c(OCC2CO2)c1. The van der Waals surface area contributed by atoms with Gasteiger partial charge in [0.1, 0.15) is 36.9 Å². The van der Waals surface area contributed by atoms with E-state index in [0.717, 1.165) is 24.7 Å². The van der Waals surface area contributed by atoms with Crippen LogP contribution in [-0.4, -0.2) is 38.6 Å². The van der Waals surface area contributed by atoms with Crippen LogP contribution >= 0.6 is 8.58 Å². The summed E-state index contributed by atoms with van der Waals surface area (Å²) < 4.78 is 22.2. The Labute approximate surface area is 137 Å². The van der Waals surface area contributed by atoms with Crippen LogP contribution in [0.4, 0.5) is 0 Å². The van der Waals surface area contributed by atoms with Crippen molar-refractivity contribution in [1.29, 1.82) is 0 Å². The minimum Gasteiger partial charge on any atom is -0.490 e. The van der Waals surface area contributed by atoms with Crippen LogP contribution in [0.1, 0.15) is 0 Å². The first-order chi connectivity index (χ1) is 11.4. The van der Waals surface area contributed by atoms with Crippen molar-refractivity contribution in [3.05, 3.63) is 48.5 Å². The van der Waals surface area contributed by atoms with Gasteiger partial charge in [0, 0.05) is 10.6 Å². The third-order valence-electron chi connectivity index (χ3n) is 3.70. The van der Waals surface area contributed by atoms with Gasteiger partial charge in [0.05, 0.1) is 13.2 Å². The van der Waals surface area contributed by atoms with Gasteiger partial charge in [0.15, 0.2) is 0 Å². The smallest absolute Gasteiger partial charge is 0.127 e. The zero-order valence-electron chi connectivity index (χ0n) is 12.7. The third kappa shape index (κ3) is 4.23. The van der Waals surface area contributed by atoms with Crippen LogP contribution in [0.15, 0.2) is 48.5 Å². The van der Waals surface area contributed by atoms with Crippen molar-refractivity contribution >= 4 is 19.2 Å². The monoisotopic (exact) mass is 330 g/mol. The molecule has 0 bridgehead atoms. The molecule has 2 aliphatic rings. The molecule has 2 heterocycles. The molecule has 2 aliphatic heterocycles. The zero-order chi connectivity index (χ0) is 15.5. The molecule has 0 saturated carbocycles. The normalized spacial score (nSPS) is 22.3. The topological polar surface area (TPSA) is 43.5 Å². The molecule has 2 atom stereocenters. The first-order valence-corrected chi connectivity index (χ1v) is 8.82. The van der Waals surface area contributed by atoms with Gasteiger partial charge < -0.3 is 18.9 Å². The average molecular weight is 330 g/mol. The molecule has 0 spiro atoms. The molecule has 120 valence electrons. The summed E-state index contributed by atoms with van der Waals surface area (Å²) in [5, 5.41) is 2.37. The van der Waals surface area contributed by atoms with Crippen molar-refractivity contribution in [2.75, 3.05) is 26.4 Å². The van der Waals surface area contributed by atoms with Crippen LogP contribution in [0.25, 0.3) is 0 Å². The maximum absolute atomic E-state index is 5.90. The molecular weight excluding hydrogens is 311 g/mol. The van der Waals surface area contributed by atoms with Crippen LogP contribution in [0.2, 0.25) is 0 Å². The molecule has 4 nitrogen and oxygen atoms in total. The molecule has 23 heavy (non-hydrogen) atoms. The highest BCUT2D eigenvalue weighted by atomic mass is 31.1. The molecule has 2 fully saturated rings. The van der Waals surface area contributed by atoms with Crippen molar-refractivity contribution in [2.45, 2.75) is 12.2 Å². The molecule has 2 aromatic rings. The summed E-state index contributed by atoms with van der Waals surface area (Å²) in [6.45, 7) is 2.87. The Morgan fingerprint density at radius 1 is 0.783 bits per heavy atom. The van der Waals surface area contributed by atoms with Crippen molar-refractivity contribution in [3.63, 3.8) is 0 Å². The van der Waals surface area contributed by atoms with Crippen LogP contribution in [0.5, 0.6) is 11.5 Å². The van der Waals surface area contributed by atoms with Gasteiger partial charge in [-0.2, -0.15) is 0 Å². The minimum atomic E-state index is 0.264. The predicted octanol–water partition coefficient (Wildman–Crippen LogP) is 1.87. The van der Waals surface area contributed by atoms with Gasteiger partial charge in [-0.25, -0.2) is 0 Å². The molecule has 0 radical (unpaired) electrons. The summed E-state index contributed by atoms with van der Waals surface area (Å²) in [6.07, 6.45) is 0.529. The molecule has 0 amide bonds. The highest BCUT2D eigenvalue weighted by Crippen LogP contribution is 2.25. The van der Waals surface area contributed by atoms with Crippen LogP contribution in [0, 0.1) is 0 Å². The Bertz CT molecular complexity index is 610. The van der Waals surface area contributed by atoms with Gasteiger partial charge >= 0.3 is 0 Å². The largest absolute Gasteiger partial charge is 0.490 e. The Hall–Kier alpha value is -1.61. The van der Waals surface area contributed by atoms with Crippen molar-refractivity contribution in [3.8, 4) is 11.5 Å². The second kappa shape index (κ2) is 6.88. The Morgan fingerprint density at radius 2 is 1.22 bits per heavy atom. The van der Waals surface area contributed by atoms with Crippen molar-refractivity contribution in [2.24, 2.45) is 0 Å². The van der Waals surface area contributed by atoms with E-state index in [0.29, 0.717) is 21.8 Å². The fourth-order valence-electron chi connectivity index (χ4n) is 2.23. The molecule has 2 saturated heterocycles. The van der Waals surface area contributed by atoms with Crippen molar-refractivity contribution < 1.29 is 18.9 Å². The quantitative estimate of drug-likeness (QED) is 0.547. The van der Waals surface area contributed by atoms with Gasteiger partial charge in [-0.1, -0.05) is 45.0 Å². The number of hydrogen-bond donors (Lipinski definition) is 0. The lowest BCUT2D eigenvalue weighted by molar-refractivity contribution is 0.264. The molecule has 0 aromatic heterocycles. The van der Waals surface area contributed by atoms with E-state index in [4.69, 9.17) is 18.9 Å². The third-order valence-corrected chi connectivity index (χ3v) is 5.06. The number of ether oxygens (including phenoxy) is 4. The van der Waals surface area contributed by atoms with E-state index in [9.17, 15) is 0 Å². The first-order valence-electron chi connectivity index (χ1n) is 7.82. The highest BCUT2D eigenvalue weighted by Gasteiger charge is 2.24. The zero-order valence-corrected chi connectivity index (χ0v) is 13.7. The Kier molecular flexibility index (Phi) is 4.47. The lowest BCUT2D eigenvalue weighted by Gasteiger charge is -2.13. The van der Waals surface area contributed by atoms with Crippen LogP contribution in [-0.2, 0) is 9.47 Å². The minimum absolute atomic E-state index is 0.264. The number of epoxide rings is 2. The number of benzene rings is 2. The number of hydrogen-bond acceptors (Lipinski definition) is 4. The van der Waals surface area contributed by atoms with E-state index >= 15 is 0 Å². The van der Waals surface area contributed by atoms with Crippen molar-refractivity contribution in [1.82, 2.24) is 0 Å². The van der Waals surface area contributed by atoms with Gasteiger partial charge in [-0.15, -0.1) is 0 Å². The lowest BCUT2D eigenvalue weighted by Crippen LogP contribution is -2.14. The van der Waals surface area contributed by atoms with Gasteiger partial charge in [0.2, 0.25) is 0 Å². The van der Waals surface area contributed by atoms with Crippen LogP contribution < -0.4 is 20.1 Å². The Balaban J connectivity index is 1.48. The number of para-hydroxylation sites is 2.